The smallest absolute Gasteiger partial charge is 0.309 e. The van der Waals surface area contributed by atoms with Crippen molar-refractivity contribution < 1.29 is 23.5 Å². The van der Waals surface area contributed by atoms with Crippen molar-refractivity contribution in [3.63, 3.8) is 0 Å². The molecule has 1 N–H and O–H groups in total. The van der Waals surface area contributed by atoms with Gasteiger partial charge < -0.3 is 14.5 Å². The maximum absolute atomic E-state index is 13.8. The summed E-state index contributed by atoms with van der Waals surface area (Å²) in [4.78, 5) is 39.2. The van der Waals surface area contributed by atoms with Crippen LogP contribution in [0.25, 0.3) is 0 Å². The van der Waals surface area contributed by atoms with Crippen LogP contribution in [0.1, 0.15) is 130 Å². The standard InChI is InChI=1S/C35H51N3O5/c1-19(2)27-23(40)18-35(36-29(41)30-38-37-20(3)42-30)17-16-33(8)22(28(27)35)10-11-25-32(7)14-13-26(43-21(4)39)31(5,6)24(32)12-15-34(25,33)9/h19,22,24-26H,10-18H2,1-9H3,(H,36,41)/t22-,24+,25-,26+,32+,33-,34-,35-/m1/s1. The number of ether oxygens (including phenoxy) is 1. The Morgan fingerprint density at radius 3 is 2.28 bits per heavy atom. The molecule has 43 heavy (non-hydrogen) atoms. The molecule has 0 aromatic carbocycles. The van der Waals surface area contributed by atoms with Gasteiger partial charge >= 0.3 is 17.8 Å². The van der Waals surface area contributed by atoms with Gasteiger partial charge in [-0.2, -0.15) is 0 Å². The number of amides is 1. The molecule has 1 heterocycles. The van der Waals surface area contributed by atoms with Gasteiger partial charge in [0.15, 0.2) is 5.78 Å². The summed E-state index contributed by atoms with van der Waals surface area (Å²) in [6.45, 7) is 19.7. The van der Waals surface area contributed by atoms with Crippen LogP contribution in [0.3, 0.4) is 0 Å². The lowest BCUT2D eigenvalue weighted by Crippen LogP contribution is -2.67. The molecule has 0 aliphatic heterocycles. The molecule has 5 aliphatic rings. The third-order valence-electron chi connectivity index (χ3n) is 13.8. The molecule has 1 aromatic rings. The fourth-order valence-corrected chi connectivity index (χ4v) is 11.8. The van der Waals surface area contributed by atoms with E-state index in [9.17, 15) is 14.4 Å². The molecule has 0 spiro atoms. The molecule has 236 valence electrons. The topological polar surface area (TPSA) is 111 Å². The van der Waals surface area contributed by atoms with Gasteiger partial charge in [0.2, 0.25) is 5.89 Å². The van der Waals surface area contributed by atoms with E-state index in [0.29, 0.717) is 24.1 Å². The van der Waals surface area contributed by atoms with Crippen molar-refractivity contribution in [3.05, 3.63) is 22.9 Å². The summed E-state index contributed by atoms with van der Waals surface area (Å²) in [6, 6.07) is 0. The Kier molecular flexibility index (Phi) is 6.91. The summed E-state index contributed by atoms with van der Waals surface area (Å²) in [5, 5.41) is 11.1. The highest BCUT2D eigenvalue weighted by Crippen LogP contribution is 2.75. The van der Waals surface area contributed by atoms with Gasteiger partial charge in [0.25, 0.3) is 0 Å². The maximum Gasteiger partial charge on any atom is 0.309 e. The molecule has 0 saturated heterocycles. The van der Waals surface area contributed by atoms with Crippen LogP contribution >= 0.6 is 0 Å². The van der Waals surface area contributed by atoms with Crippen LogP contribution < -0.4 is 5.32 Å². The number of esters is 1. The van der Waals surface area contributed by atoms with Gasteiger partial charge in [-0.05, 0) is 102 Å². The summed E-state index contributed by atoms with van der Waals surface area (Å²) in [6.07, 6.45) is 8.31. The summed E-state index contributed by atoms with van der Waals surface area (Å²) in [7, 11) is 0. The Hall–Kier alpha value is -2.51. The first-order chi connectivity index (χ1) is 20.0. The zero-order valence-electron chi connectivity index (χ0n) is 27.7. The molecule has 5 aliphatic carbocycles. The van der Waals surface area contributed by atoms with Crippen molar-refractivity contribution in [2.24, 2.45) is 45.3 Å². The fourth-order valence-electron chi connectivity index (χ4n) is 11.8. The first-order valence-corrected chi connectivity index (χ1v) is 16.6. The van der Waals surface area contributed by atoms with E-state index in [0.717, 1.165) is 56.9 Å². The highest BCUT2D eigenvalue weighted by Gasteiger charge is 2.70. The number of aryl methyl sites for hydroxylation is 1. The van der Waals surface area contributed by atoms with Crippen molar-refractivity contribution in [1.29, 1.82) is 0 Å². The quantitative estimate of drug-likeness (QED) is 0.383. The zero-order chi connectivity index (χ0) is 31.3. The molecule has 6 rings (SSSR count). The van der Waals surface area contributed by atoms with E-state index in [-0.39, 0.29) is 63.2 Å². The number of rotatable bonds is 4. The number of Topliss-reactive ketones (excluding diaryl/α,β-unsaturated/α-hetero) is 1. The van der Waals surface area contributed by atoms with Crippen molar-refractivity contribution in [1.82, 2.24) is 15.5 Å². The second-order valence-electron chi connectivity index (χ2n) is 16.3. The zero-order valence-corrected chi connectivity index (χ0v) is 27.7. The van der Waals surface area contributed by atoms with E-state index in [2.05, 4.69) is 64.0 Å². The maximum atomic E-state index is 13.8. The van der Waals surface area contributed by atoms with E-state index < -0.39 is 5.54 Å². The van der Waals surface area contributed by atoms with Crippen molar-refractivity contribution >= 4 is 17.7 Å². The molecule has 8 nitrogen and oxygen atoms in total. The van der Waals surface area contributed by atoms with E-state index >= 15 is 0 Å². The average Bonchev–Trinajstić information content (AvgIpc) is 3.46. The molecule has 0 bridgehead atoms. The van der Waals surface area contributed by atoms with Gasteiger partial charge in [-0.1, -0.05) is 48.5 Å². The van der Waals surface area contributed by atoms with Crippen molar-refractivity contribution in [2.45, 2.75) is 132 Å². The Morgan fingerprint density at radius 2 is 1.65 bits per heavy atom. The van der Waals surface area contributed by atoms with Crippen molar-refractivity contribution in [3.8, 4) is 0 Å². The van der Waals surface area contributed by atoms with Crippen LogP contribution in [0.4, 0.5) is 0 Å². The summed E-state index contributed by atoms with van der Waals surface area (Å²) in [5.74, 6) is 1.24. The first kappa shape index (κ1) is 30.5. The first-order valence-electron chi connectivity index (χ1n) is 16.6. The SMILES string of the molecule is CC(=O)O[C@H]1CC[C@]2(C)[C@H]3CC[C@@H]4C5=C(C(C)C)C(=O)C[C@]5(NC(=O)c5nnc(C)o5)CC[C@@]4(C)[C@]3(C)CC[C@H]2C1(C)C. The molecular weight excluding hydrogens is 542 g/mol. The lowest BCUT2D eigenvalue weighted by Gasteiger charge is -2.72. The summed E-state index contributed by atoms with van der Waals surface area (Å²) in [5.41, 5.74) is 1.58. The number of hydrogen-bond acceptors (Lipinski definition) is 7. The van der Waals surface area contributed by atoms with Crippen LogP contribution in [-0.4, -0.2) is 39.5 Å². The Labute approximate surface area is 256 Å². The van der Waals surface area contributed by atoms with Crippen LogP contribution in [0.15, 0.2) is 15.6 Å². The number of carbonyl (C=O) groups is 3. The minimum Gasteiger partial charge on any atom is -0.462 e. The molecule has 8 atom stereocenters. The molecule has 0 radical (unpaired) electrons. The average molecular weight is 594 g/mol. The Morgan fingerprint density at radius 1 is 0.930 bits per heavy atom. The van der Waals surface area contributed by atoms with Crippen LogP contribution in [-0.2, 0) is 14.3 Å². The van der Waals surface area contributed by atoms with E-state index in [4.69, 9.17) is 9.15 Å². The summed E-state index contributed by atoms with van der Waals surface area (Å²) >= 11 is 0. The number of nitrogens with one attached hydrogen (secondary N) is 1. The van der Waals surface area contributed by atoms with Crippen molar-refractivity contribution in [2.75, 3.05) is 0 Å². The molecule has 4 saturated carbocycles. The van der Waals surface area contributed by atoms with E-state index in [1.54, 1.807) is 6.92 Å². The minimum atomic E-state index is -0.700. The second kappa shape index (κ2) is 9.74. The highest BCUT2D eigenvalue weighted by molar-refractivity contribution is 6.03. The third-order valence-corrected chi connectivity index (χ3v) is 13.8. The summed E-state index contributed by atoms with van der Waals surface area (Å²) < 4.78 is 11.4. The predicted octanol–water partition coefficient (Wildman–Crippen LogP) is 6.77. The fraction of sp³-hybridized carbons (Fsp3) is 0.800. The van der Waals surface area contributed by atoms with Crippen LogP contribution in [0.2, 0.25) is 0 Å². The van der Waals surface area contributed by atoms with Gasteiger partial charge in [-0.15, -0.1) is 10.2 Å². The molecule has 8 heteroatoms. The van der Waals surface area contributed by atoms with Crippen LogP contribution in [0, 0.1) is 52.3 Å². The van der Waals surface area contributed by atoms with Gasteiger partial charge in [-0.25, -0.2) is 0 Å². The normalized spacial score (nSPS) is 41.7. The van der Waals surface area contributed by atoms with Gasteiger partial charge in [0.1, 0.15) is 6.10 Å². The predicted molar refractivity (Wildman–Crippen MR) is 162 cm³/mol. The molecule has 4 fully saturated rings. The number of hydrogen-bond donors (Lipinski definition) is 1. The highest BCUT2D eigenvalue weighted by atomic mass is 16.5. The molecule has 0 unspecified atom stereocenters. The number of nitrogens with zero attached hydrogens (tertiary/aromatic N) is 2. The Bertz CT molecular complexity index is 1390. The molecule has 1 amide bonds. The molecule has 1 aromatic heterocycles. The van der Waals surface area contributed by atoms with Crippen LogP contribution in [0.5, 0.6) is 0 Å². The number of allylic oxidation sites excluding steroid dienone is 1. The number of aromatic nitrogens is 2. The third kappa shape index (κ3) is 4.16. The van der Waals surface area contributed by atoms with Gasteiger partial charge in [0, 0.05) is 25.7 Å². The number of fused-ring (bicyclic) bond motifs is 7. The second-order valence-corrected chi connectivity index (χ2v) is 16.3. The number of ketones is 1. The lowest BCUT2D eigenvalue weighted by atomic mass is 9.33. The van der Waals surface area contributed by atoms with E-state index in [1.807, 2.05) is 0 Å². The molecular formula is C35H51N3O5. The lowest BCUT2D eigenvalue weighted by molar-refractivity contribution is -0.231. The largest absolute Gasteiger partial charge is 0.462 e. The van der Waals surface area contributed by atoms with E-state index in [1.165, 1.54) is 12.5 Å². The number of carbonyl (C=O) groups excluding carboxylic acids is 3. The van der Waals surface area contributed by atoms with Gasteiger partial charge in [0.05, 0.1) is 5.54 Å². The monoisotopic (exact) mass is 593 g/mol. The Balaban J connectivity index is 1.38. The van der Waals surface area contributed by atoms with Gasteiger partial charge in [-0.3, -0.25) is 14.4 Å². The minimum absolute atomic E-state index is 0.00380.